The highest BCUT2D eigenvalue weighted by molar-refractivity contribution is 5.87. The number of hydrogen-bond donors (Lipinski definition) is 2. The molecule has 2 amide bonds. The molecule has 2 atom stereocenters. The molecule has 5 heteroatoms. The molecule has 0 heterocycles. The number of hydrogen-bond acceptors (Lipinski definition) is 3. The zero-order valence-corrected chi connectivity index (χ0v) is 14.6. The maximum atomic E-state index is 12.5. The van der Waals surface area contributed by atoms with Crippen molar-refractivity contribution in [2.75, 3.05) is 6.54 Å². The molecule has 5 nitrogen and oxygen atoms in total. The largest absolute Gasteiger partial charge is 0.346 e. The van der Waals surface area contributed by atoms with Crippen LogP contribution in [0.4, 0.5) is 0 Å². The van der Waals surface area contributed by atoms with Crippen LogP contribution < -0.4 is 11.1 Å². The minimum Gasteiger partial charge on any atom is -0.346 e. The predicted molar refractivity (Wildman–Crippen MR) is 92.6 cm³/mol. The van der Waals surface area contributed by atoms with Crippen molar-refractivity contribution >= 4 is 11.8 Å². The van der Waals surface area contributed by atoms with Crippen molar-refractivity contribution in [2.24, 2.45) is 11.7 Å². The molecule has 0 aliphatic carbocycles. The Kier molecular flexibility index (Phi) is 7.75. The molecule has 0 radical (unpaired) electrons. The van der Waals surface area contributed by atoms with E-state index in [9.17, 15) is 9.59 Å². The average molecular weight is 319 g/mol. The van der Waals surface area contributed by atoms with Gasteiger partial charge in [-0.25, -0.2) is 0 Å². The van der Waals surface area contributed by atoms with Gasteiger partial charge >= 0.3 is 0 Å². The van der Waals surface area contributed by atoms with Crippen LogP contribution in [0.15, 0.2) is 30.3 Å². The van der Waals surface area contributed by atoms with E-state index in [0.717, 1.165) is 12.0 Å². The summed E-state index contributed by atoms with van der Waals surface area (Å²) in [6.07, 6.45) is 0.859. The second-order valence-corrected chi connectivity index (χ2v) is 6.25. The zero-order valence-electron chi connectivity index (χ0n) is 14.6. The lowest BCUT2D eigenvalue weighted by Gasteiger charge is -2.29. The number of nitrogens with zero attached hydrogens (tertiary/aromatic N) is 1. The summed E-state index contributed by atoms with van der Waals surface area (Å²) < 4.78 is 0. The van der Waals surface area contributed by atoms with E-state index in [1.165, 1.54) is 0 Å². The van der Waals surface area contributed by atoms with Gasteiger partial charge in [0, 0.05) is 12.6 Å². The first kappa shape index (κ1) is 19.2. The van der Waals surface area contributed by atoms with Gasteiger partial charge in [-0.2, -0.15) is 0 Å². The maximum absolute atomic E-state index is 12.5. The fourth-order valence-electron chi connectivity index (χ4n) is 2.18. The smallest absolute Gasteiger partial charge is 0.242 e. The van der Waals surface area contributed by atoms with Gasteiger partial charge in [0.1, 0.15) is 0 Å². The van der Waals surface area contributed by atoms with Crippen LogP contribution in [0.3, 0.4) is 0 Å². The first-order valence-electron chi connectivity index (χ1n) is 8.23. The minimum atomic E-state index is -0.589. The van der Waals surface area contributed by atoms with Gasteiger partial charge in [0.2, 0.25) is 11.8 Å². The molecule has 3 N–H and O–H groups in total. The van der Waals surface area contributed by atoms with Gasteiger partial charge < -0.3 is 16.0 Å². The molecule has 0 fully saturated rings. The van der Waals surface area contributed by atoms with E-state index in [0.29, 0.717) is 6.54 Å². The van der Waals surface area contributed by atoms with E-state index in [1.54, 1.807) is 4.90 Å². The van der Waals surface area contributed by atoms with Crippen molar-refractivity contribution in [3.63, 3.8) is 0 Å². The average Bonchev–Trinajstić information content (AvgIpc) is 2.56. The van der Waals surface area contributed by atoms with E-state index in [1.807, 2.05) is 58.0 Å². The summed E-state index contributed by atoms with van der Waals surface area (Å²) in [5, 5.41) is 2.65. The Bertz CT molecular complexity index is 502. The molecule has 0 aromatic heterocycles. The Labute approximate surface area is 139 Å². The molecular formula is C18H29N3O2. The highest BCUT2D eigenvalue weighted by atomic mass is 16.2. The molecule has 1 aromatic rings. The standard InChI is InChI=1S/C18H29N3O2/c1-5-14(4)21(12-15-9-7-6-8-10-15)16(22)11-20-18(23)17(19)13(2)3/h6-10,13-14,17H,5,11-12,19H2,1-4H3,(H,20,23)/t14?,17-/m0/s1. The second kappa shape index (κ2) is 9.30. The number of carbonyl (C=O) groups excluding carboxylic acids is 2. The number of amides is 2. The second-order valence-electron chi connectivity index (χ2n) is 6.25. The number of nitrogens with two attached hydrogens (primary N) is 1. The molecule has 1 rings (SSSR count). The van der Waals surface area contributed by atoms with E-state index in [2.05, 4.69) is 5.32 Å². The fourth-order valence-corrected chi connectivity index (χ4v) is 2.18. The Hall–Kier alpha value is -1.88. The Balaban J connectivity index is 2.68. The summed E-state index contributed by atoms with van der Waals surface area (Å²) in [5.74, 6) is -0.329. The third-order valence-corrected chi connectivity index (χ3v) is 4.07. The lowest BCUT2D eigenvalue weighted by atomic mass is 10.1. The molecule has 0 bridgehead atoms. The molecule has 23 heavy (non-hydrogen) atoms. The number of carbonyl (C=O) groups is 2. The molecule has 0 saturated carbocycles. The summed E-state index contributed by atoms with van der Waals surface area (Å²) in [7, 11) is 0. The molecule has 128 valence electrons. The van der Waals surface area contributed by atoms with Crippen LogP contribution >= 0.6 is 0 Å². The molecule has 1 unspecified atom stereocenters. The van der Waals surface area contributed by atoms with Gasteiger partial charge in [-0.3, -0.25) is 9.59 Å². The predicted octanol–water partition coefficient (Wildman–Crippen LogP) is 1.91. The monoisotopic (exact) mass is 319 g/mol. The molecule has 0 spiro atoms. The summed E-state index contributed by atoms with van der Waals surface area (Å²) in [4.78, 5) is 26.2. The third kappa shape index (κ3) is 6.02. The van der Waals surface area contributed by atoms with Crippen molar-refractivity contribution < 1.29 is 9.59 Å². The van der Waals surface area contributed by atoms with Crippen molar-refractivity contribution in [1.29, 1.82) is 0 Å². The van der Waals surface area contributed by atoms with Crippen LogP contribution in [-0.2, 0) is 16.1 Å². The lowest BCUT2D eigenvalue weighted by molar-refractivity contribution is -0.135. The molecule has 1 aromatic carbocycles. The number of rotatable bonds is 8. The quantitative estimate of drug-likeness (QED) is 0.768. The topological polar surface area (TPSA) is 75.4 Å². The minimum absolute atomic E-state index is 0.0174. The lowest BCUT2D eigenvalue weighted by Crippen LogP contribution is -2.49. The van der Waals surface area contributed by atoms with Crippen LogP contribution in [-0.4, -0.2) is 35.3 Å². The van der Waals surface area contributed by atoms with E-state index in [-0.39, 0.29) is 30.3 Å². The van der Waals surface area contributed by atoms with Crippen molar-refractivity contribution in [3.8, 4) is 0 Å². The summed E-state index contributed by atoms with van der Waals surface area (Å²) in [6.45, 7) is 8.35. The normalized spacial score (nSPS) is 13.5. The van der Waals surface area contributed by atoms with E-state index in [4.69, 9.17) is 5.73 Å². The van der Waals surface area contributed by atoms with E-state index < -0.39 is 6.04 Å². The summed E-state index contributed by atoms with van der Waals surface area (Å²) >= 11 is 0. The van der Waals surface area contributed by atoms with Gasteiger partial charge in [-0.15, -0.1) is 0 Å². The first-order chi connectivity index (χ1) is 10.9. The van der Waals surface area contributed by atoms with Gasteiger partial charge in [0.15, 0.2) is 0 Å². The number of benzene rings is 1. The van der Waals surface area contributed by atoms with Gasteiger partial charge in [0.05, 0.1) is 12.6 Å². The summed E-state index contributed by atoms with van der Waals surface area (Å²) in [5.41, 5.74) is 6.87. The van der Waals surface area contributed by atoms with E-state index >= 15 is 0 Å². The molecule has 0 aliphatic heterocycles. The van der Waals surface area contributed by atoms with Gasteiger partial charge in [0.25, 0.3) is 0 Å². The van der Waals surface area contributed by atoms with Crippen molar-refractivity contribution in [1.82, 2.24) is 10.2 Å². The number of nitrogens with one attached hydrogen (secondary N) is 1. The van der Waals surface area contributed by atoms with Crippen LogP contribution in [0.2, 0.25) is 0 Å². The van der Waals surface area contributed by atoms with Crippen LogP contribution in [0.5, 0.6) is 0 Å². The van der Waals surface area contributed by atoms with Crippen LogP contribution in [0.1, 0.15) is 39.7 Å². The fraction of sp³-hybridized carbons (Fsp3) is 0.556. The zero-order chi connectivity index (χ0) is 17.4. The SMILES string of the molecule is CCC(C)N(Cc1ccccc1)C(=O)CNC(=O)[C@@H](N)C(C)C. The Morgan fingerprint density at radius 2 is 1.78 bits per heavy atom. The molecular weight excluding hydrogens is 290 g/mol. The van der Waals surface area contributed by atoms with Gasteiger partial charge in [-0.05, 0) is 24.8 Å². The van der Waals surface area contributed by atoms with Crippen molar-refractivity contribution in [2.45, 2.75) is 52.7 Å². The van der Waals surface area contributed by atoms with Crippen LogP contribution in [0, 0.1) is 5.92 Å². The molecule has 0 aliphatic rings. The Morgan fingerprint density at radius 1 is 1.17 bits per heavy atom. The van der Waals surface area contributed by atoms with Crippen molar-refractivity contribution in [3.05, 3.63) is 35.9 Å². The first-order valence-corrected chi connectivity index (χ1v) is 8.23. The van der Waals surface area contributed by atoms with Crippen LogP contribution in [0.25, 0.3) is 0 Å². The van der Waals surface area contributed by atoms with Gasteiger partial charge in [-0.1, -0.05) is 51.1 Å². The molecule has 0 saturated heterocycles. The summed E-state index contributed by atoms with van der Waals surface area (Å²) in [6, 6.07) is 9.38. The highest BCUT2D eigenvalue weighted by Crippen LogP contribution is 2.11. The Morgan fingerprint density at radius 3 is 2.30 bits per heavy atom. The highest BCUT2D eigenvalue weighted by Gasteiger charge is 2.22. The third-order valence-electron chi connectivity index (χ3n) is 4.07. The maximum Gasteiger partial charge on any atom is 0.242 e.